The normalized spacial score (nSPS) is 15.9. The molecule has 33 heavy (non-hydrogen) atoms. The molecule has 2 heterocycles. The minimum atomic E-state index is -0.246. The number of halogens is 2. The Morgan fingerprint density at radius 3 is 2.61 bits per heavy atom. The van der Waals surface area contributed by atoms with Gasteiger partial charge in [0.15, 0.2) is 11.5 Å². The van der Waals surface area contributed by atoms with Crippen LogP contribution in [0.25, 0.3) is 10.9 Å². The number of carbonyl (C=O) groups is 1. The first-order chi connectivity index (χ1) is 16.1. The Hall–Kier alpha value is -3.15. The van der Waals surface area contributed by atoms with Crippen LogP contribution < -0.4 is 14.8 Å². The average Bonchev–Trinajstić information content (AvgIpc) is 3.24. The van der Waals surface area contributed by atoms with E-state index < -0.39 is 0 Å². The van der Waals surface area contributed by atoms with Crippen LogP contribution in [0.1, 0.15) is 23.5 Å². The smallest absolute Gasteiger partial charge is 0.221 e. The molecule has 4 aromatic rings. The van der Waals surface area contributed by atoms with E-state index in [-0.39, 0.29) is 24.3 Å². The van der Waals surface area contributed by atoms with E-state index in [1.54, 1.807) is 0 Å². The van der Waals surface area contributed by atoms with Crippen molar-refractivity contribution in [3.63, 3.8) is 0 Å². The largest absolute Gasteiger partial charge is 0.486 e. The number of ether oxygens (including phenoxy) is 2. The van der Waals surface area contributed by atoms with Gasteiger partial charge >= 0.3 is 0 Å². The SMILES string of the molecule is O=C(CC(c1ccc(Cl)cc1)c1c[nH]c2ccc(Cl)cc12)NCC1COc2ccccc2O1. The second kappa shape index (κ2) is 9.38. The van der Waals surface area contributed by atoms with Crippen LogP contribution in [0.5, 0.6) is 11.5 Å². The van der Waals surface area contributed by atoms with Crippen molar-refractivity contribution in [3.05, 3.63) is 94.1 Å². The van der Waals surface area contributed by atoms with Crippen LogP contribution >= 0.6 is 23.2 Å². The summed E-state index contributed by atoms with van der Waals surface area (Å²) in [4.78, 5) is 16.3. The predicted octanol–water partition coefficient (Wildman–Crippen LogP) is 5.95. The number of rotatable bonds is 6. The first kappa shape index (κ1) is 21.7. The zero-order valence-electron chi connectivity index (χ0n) is 17.7. The molecule has 0 spiro atoms. The summed E-state index contributed by atoms with van der Waals surface area (Å²) >= 11 is 12.4. The van der Waals surface area contributed by atoms with Crippen molar-refractivity contribution in [1.29, 1.82) is 0 Å². The molecule has 168 valence electrons. The first-order valence-corrected chi connectivity index (χ1v) is 11.5. The summed E-state index contributed by atoms with van der Waals surface area (Å²) in [5.74, 6) is 1.17. The Balaban J connectivity index is 1.33. The van der Waals surface area contributed by atoms with E-state index in [9.17, 15) is 4.79 Å². The number of H-pyrrole nitrogens is 1. The maximum Gasteiger partial charge on any atom is 0.221 e. The van der Waals surface area contributed by atoms with Gasteiger partial charge in [-0.15, -0.1) is 0 Å². The van der Waals surface area contributed by atoms with Gasteiger partial charge in [0.1, 0.15) is 12.7 Å². The summed E-state index contributed by atoms with van der Waals surface area (Å²) in [6.45, 7) is 0.749. The summed E-state index contributed by atoms with van der Waals surface area (Å²) in [6, 6.07) is 20.8. The second-order valence-electron chi connectivity index (χ2n) is 8.04. The maximum atomic E-state index is 13.0. The fourth-order valence-corrected chi connectivity index (χ4v) is 4.45. The van der Waals surface area contributed by atoms with Gasteiger partial charge in [-0.25, -0.2) is 0 Å². The number of hydrogen-bond acceptors (Lipinski definition) is 3. The lowest BCUT2D eigenvalue weighted by Crippen LogP contribution is -2.41. The third-order valence-electron chi connectivity index (χ3n) is 5.81. The van der Waals surface area contributed by atoms with E-state index in [0.717, 1.165) is 27.8 Å². The quantitative estimate of drug-likeness (QED) is 0.358. The van der Waals surface area contributed by atoms with Crippen LogP contribution in [0.4, 0.5) is 0 Å². The fourth-order valence-electron chi connectivity index (χ4n) is 4.15. The summed E-state index contributed by atoms with van der Waals surface area (Å²) in [5, 5.41) is 5.31. The highest BCUT2D eigenvalue weighted by molar-refractivity contribution is 6.31. The van der Waals surface area contributed by atoms with Crippen LogP contribution in [0.15, 0.2) is 72.9 Å². The van der Waals surface area contributed by atoms with E-state index in [2.05, 4.69) is 10.3 Å². The van der Waals surface area contributed by atoms with Crippen molar-refractivity contribution in [1.82, 2.24) is 10.3 Å². The summed E-state index contributed by atoms with van der Waals surface area (Å²) in [7, 11) is 0. The molecule has 2 unspecified atom stereocenters. The van der Waals surface area contributed by atoms with E-state index in [4.69, 9.17) is 32.7 Å². The Morgan fingerprint density at radius 2 is 1.79 bits per heavy atom. The van der Waals surface area contributed by atoms with E-state index in [0.29, 0.717) is 28.9 Å². The van der Waals surface area contributed by atoms with Gasteiger partial charge in [0.2, 0.25) is 5.91 Å². The topological polar surface area (TPSA) is 63.4 Å². The third-order valence-corrected chi connectivity index (χ3v) is 6.29. The van der Waals surface area contributed by atoms with Crippen molar-refractivity contribution in [3.8, 4) is 11.5 Å². The molecule has 0 fully saturated rings. The van der Waals surface area contributed by atoms with Crippen molar-refractivity contribution < 1.29 is 14.3 Å². The van der Waals surface area contributed by atoms with E-state index in [1.165, 1.54) is 0 Å². The van der Waals surface area contributed by atoms with Crippen molar-refractivity contribution >= 4 is 40.0 Å². The Bertz CT molecular complexity index is 1290. The van der Waals surface area contributed by atoms with E-state index >= 15 is 0 Å². The van der Waals surface area contributed by atoms with Crippen molar-refractivity contribution in [2.75, 3.05) is 13.2 Å². The molecule has 3 aromatic carbocycles. The Morgan fingerprint density at radius 1 is 1.03 bits per heavy atom. The van der Waals surface area contributed by atoms with Gasteiger partial charge in [0.05, 0.1) is 6.54 Å². The number of hydrogen-bond donors (Lipinski definition) is 2. The summed E-state index contributed by atoms with van der Waals surface area (Å²) in [5.41, 5.74) is 2.98. The second-order valence-corrected chi connectivity index (χ2v) is 8.92. The summed E-state index contributed by atoms with van der Waals surface area (Å²) in [6.07, 6.45) is 1.97. The third kappa shape index (κ3) is 4.80. The number of benzene rings is 3. The molecule has 1 aliphatic rings. The highest BCUT2D eigenvalue weighted by atomic mass is 35.5. The molecule has 7 heteroatoms. The molecule has 0 aliphatic carbocycles. The van der Waals surface area contributed by atoms with E-state index in [1.807, 2.05) is 72.9 Å². The number of aromatic nitrogens is 1. The molecule has 0 saturated carbocycles. The van der Waals surface area contributed by atoms with Gasteiger partial charge in [-0.2, -0.15) is 0 Å². The lowest BCUT2D eigenvalue weighted by Gasteiger charge is -2.26. The molecule has 1 aromatic heterocycles. The van der Waals surface area contributed by atoms with Crippen LogP contribution in [-0.4, -0.2) is 30.1 Å². The molecule has 2 N–H and O–H groups in total. The standard InChI is InChI=1S/C26H22Cl2N2O3/c27-17-7-5-16(6-8-17)20(22-14-29-23-10-9-18(28)11-21(22)23)12-26(31)30-13-19-15-32-24-3-1-2-4-25(24)33-19/h1-11,14,19-20,29H,12-13,15H2,(H,30,31). The van der Waals surface area contributed by atoms with Gasteiger partial charge in [0.25, 0.3) is 0 Å². The molecule has 0 saturated heterocycles. The molecule has 0 bridgehead atoms. The van der Waals surface area contributed by atoms with Gasteiger partial charge < -0.3 is 19.8 Å². The van der Waals surface area contributed by atoms with Crippen LogP contribution in [0, 0.1) is 0 Å². The Kier molecular flexibility index (Phi) is 6.16. The molecular formula is C26H22Cl2N2O3. The maximum absolute atomic E-state index is 13.0. The molecular weight excluding hydrogens is 459 g/mol. The number of amides is 1. The van der Waals surface area contributed by atoms with Crippen LogP contribution in [0.3, 0.4) is 0 Å². The predicted molar refractivity (Wildman–Crippen MR) is 131 cm³/mol. The average molecular weight is 481 g/mol. The molecule has 5 rings (SSSR count). The number of aromatic amines is 1. The highest BCUT2D eigenvalue weighted by Gasteiger charge is 2.24. The van der Waals surface area contributed by atoms with Gasteiger partial charge in [0, 0.05) is 39.5 Å². The number of fused-ring (bicyclic) bond motifs is 2. The molecule has 1 amide bonds. The molecule has 2 atom stereocenters. The van der Waals surface area contributed by atoms with Gasteiger partial charge in [-0.1, -0.05) is 47.5 Å². The van der Waals surface area contributed by atoms with Crippen molar-refractivity contribution in [2.45, 2.75) is 18.4 Å². The number of para-hydroxylation sites is 2. The summed E-state index contributed by atoms with van der Waals surface area (Å²) < 4.78 is 11.7. The number of nitrogens with one attached hydrogen (secondary N) is 2. The zero-order chi connectivity index (χ0) is 22.8. The lowest BCUT2D eigenvalue weighted by atomic mass is 9.88. The molecule has 0 radical (unpaired) electrons. The van der Waals surface area contributed by atoms with Crippen LogP contribution in [-0.2, 0) is 4.79 Å². The minimum Gasteiger partial charge on any atom is -0.486 e. The molecule has 5 nitrogen and oxygen atoms in total. The minimum absolute atomic E-state index is 0.0752. The Labute approximate surface area is 201 Å². The first-order valence-electron chi connectivity index (χ1n) is 10.7. The lowest BCUT2D eigenvalue weighted by molar-refractivity contribution is -0.121. The van der Waals surface area contributed by atoms with Gasteiger partial charge in [-0.05, 0) is 53.6 Å². The monoisotopic (exact) mass is 480 g/mol. The molecule has 1 aliphatic heterocycles. The van der Waals surface area contributed by atoms with Crippen LogP contribution in [0.2, 0.25) is 10.0 Å². The fraction of sp³-hybridized carbons (Fsp3) is 0.192. The number of carbonyl (C=O) groups excluding carboxylic acids is 1. The van der Waals surface area contributed by atoms with Crippen molar-refractivity contribution in [2.24, 2.45) is 0 Å². The highest BCUT2D eigenvalue weighted by Crippen LogP contribution is 2.35. The van der Waals surface area contributed by atoms with Gasteiger partial charge in [-0.3, -0.25) is 4.79 Å². The zero-order valence-corrected chi connectivity index (χ0v) is 19.2.